The minimum absolute atomic E-state index is 0.100. The molecule has 0 unspecified atom stereocenters. The second-order valence-electron chi connectivity index (χ2n) is 8.75. The van der Waals surface area contributed by atoms with E-state index in [9.17, 15) is 22.8 Å². The SMILES string of the molecule is CCOC(=O)[C@@H]1C(=O)NC(N2CCN(c3cccc(C(F)(F)F)c3)CC2)=N[C@H]1c1ccc(OC)cc1OC. The van der Waals surface area contributed by atoms with Crippen molar-refractivity contribution < 1.29 is 37.0 Å². The Morgan fingerprint density at radius 2 is 1.76 bits per heavy atom. The fourth-order valence-electron chi connectivity index (χ4n) is 4.57. The van der Waals surface area contributed by atoms with Crippen LogP contribution in [0.2, 0.25) is 0 Å². The molecule has 0 spiro atoms. The topological polar surface area (TPSA) is 92.7 Å². The highest BCUT2D eigenvalue weighted by molar-refractivity contribution is 6.08. The van der Waals surface area contributed by atoms with Crippen molar-refractivity contribution in [2.24, 2.45) is 10.9 Å². The fraction of sp³-hybridized carbons (Fsp3) is 0.423. The maximum absolute atomic E-state index is 13.2. The summed E-state index contributed by atoms with van der Waals surface area (Å²) in [6.07, 6.45) is -4.42. The average Bonchev–Trinajstić information content (AvgIpc) is 2.92. The Bertz CT molecular complexity index is 1210. The molecule has 4 rings (SSSR count). The first kappa shape index (κ1) is 27.1. The van der Waals surface area contributed by atoms with Gasteiger partial charge in [-0.05, 0) is 37.3 Å². The van der Waals surface area contributed by atoms with E-state index in [0.717, 1.165) is 12.1 Å². The lowest BCUT2D eigenvalue weighted by Crippen LogP contribution is -2.57. The van der Waals surface area contributed by atoms with Crippen molar-refractivity contribution in [3.05, 3.63) is 53.6 Å². The molecule has 2 heterocycles. The van der Waals surface area contributed by atoms with Gasteiger partial charge in [0.2, 0.25) is 11.9 Å². The molecule has 0 radical (unpaired) electrons. The molecule has 0 saturated carbocycles. The molecule has 1 saturated heterocycles. The lowest BCUT2D eigenvalue weighted by atomic mass is 9.90. The molecule has 1 fully saturated rings. The number of carbonyl (C=O) groups excluding carboxylic acids is 2. The molecule has 204 valence electrons. The Kier molecular flexibility index (Phi) is 7.98. The van der Waals surface area contributed by atoms with Gasteiger partial charge in [0.05, 0.1) is 26.4 Å². The standard InChI is InChI=1S/C26H29F3N4O5/c1-4-38-24(35)21-22(19-9-8-18(36-2)15-20(19)37-3)30-25(31-23(21)34)33-12-10-32(11-13-33)17-7-5-6-16(14-17)26(27,28)29/h5-9,14-15,21-22H,4,10-13H2,1-3H3,(H,30,31,34)/t21-,22-/m0/s1. The number of ether oxygens (including phenoxy) is 3. The number of aliphatic imine (C=N–C) groups is 1. The van der Waals surface area contributed by atoms with Gasteiger partial charge in [-0.1, -0.05) is 6.07 Å². The van der Waals surface area contributed by atoms with Gasteiger partial charge in [-0.2, -0.15) is 13.2 Å². The van der Waals surface area contributed by atoms with Gasteiger partial charge in [0.15, 0.2) is 5.92 Å². The number of rotatable bonds is 6. The van der Waals surface area contributed by atoms with Crippen molar-refractivity contribution in [2.45, 2.75) is 19.1 Å². The largest absolute Gasteiger partial charge is 0.497 e. The van der Waals surface area contributed by atoms with Crippen LogP contribution in [-0.2, 0) is 20.5 Å². The smallest absolute Gasteiger partial charge is 0.416 e. The summed E-state index contributed by atoms with van der Waals surface area (Å²) in [4.78, 5) is 34.4. The van der Waals surface area contributed by atoms with E-state index in [1.54, 1.807) is 31.2 Å². The summed E-state index contributed by atoms with van der Waals surface area (Å²) in [7, 11) is 2.98. The number of guanidine groups is 1. The number of halogens is 3. The van der Waals surface area contributed by atoms with Gasteiger partial charge in [0.25, 0.3) is 0 Å². The molecule has 2 aliphatic heterocycles. The number of alkyl halides is 3. The lowest BCUT2D eigenvalue weighted by Gasteiger charge is -2.40. The quantitative estimate of drug-likeness (QED) is 0.449. The number of hydrogen-bond donors (Lipinski definition) is 1. The Balaban J connectivity index is 1.60. The second kappa shape index (κ2) is 11.2. The molecule has 2 aromatic rings. The summed E-state index contributed by atoms with van der Waals surface area (Å²) < 4.78 is 55.4. The summed E-state index contributed by atoms with van der Waals surface area (Å²) in [5, 5.41) is 2.72. The van der Waals surface area contributed by atoms with Crippen molar-refractivity contribution in [2.75, 3.05) is 51.9 Å². The molecule has 1 N–H and O–H groups in total. The number of hydrogen-bond acceptors (Lipinski definition) is 8. The van der Waals surface area contributed by atoms with Crippen LogP contribution < -0.4 is 19.7 Å². The highest BCUT2D eigenvalue weighted by Gasteiger charge is 2.43. The maximum atomic E-state index is 13.2. The molecule has 38 heavy (non-hydrogen) atoms. The third kappa shape index (κ3) is 5.63. The van der Waals surface area contributed by atoms with E-state index in [1.165, 1.54) is 20.3 Å². The van der Waals surface area contributed by atoms with Crippen molar-refractivity contribution in [3.63, 3.8) is 0 Å². The summed E-state index contributed by atoms with van der Waals surface area (Å²) in [6.45, 7) is 3.36. The maximum Gasteiger partial charge on any atom is 0.416 e. The van der Waals surface area contributed by atoms with E-state index in [2.05, 4.69) is 5.32 Å². The average molecular weight is 535 g/mol. The molecule has 0 aliphatic carbocycles. The van der Waals surface area contributed by atoms with Gasteiger partial charge < -0.3 is 24.0 Å². The van der Waals surface area contributed by atoms with Crippen molar-refractivity contribution in [3.8, 4) is 11.5 Å². The normalized spacial score (nSPS) is 19.9. The van der Waals surface area contributed by atoms with Gasteiger partial charge in [0, 0.05) is 43.5 Å². The van der Waals surface area contributed by atoms with Crippen LogP contribution in [-0.4, -0.2) is 69.7 Å². The molecule has 2 aliphatic rings. The number of anilines is 1. The summed E-state index contributed by atoms with van der Waals surface area (Å²) >= 11 is 0. The highest BCUT2D eigenvalue weighted by Crippen LogP contribution is 2.38. The zero-order valence-corrected chi connectivity index (χ0v) is 21.2. The van der Waals surface area contributed by atoms with Crippen molar-refractivity contribution in [1.29, 1.82) is 0 Å². The van der Waals surface area contributed by atoms with Crippen LogP contribution >= 0.6 is 0 Å². The molecule has 0 aromatic heterocycles. The summed E-state index contributed by atoms with van der Waals surface area (Å²) in [5.41, 5.74) is 0.279. The van der Waals surface area contributed by atoms with Crippen molar-refractivity contribution >= 4 is 23.5 Å². The zero-order valence-electron chi connectivity index (χ0n) is 21.2. The third-order valence-electron chi connectivity index (χ3n) is 6.51. The molecule has 12 heteroatoms. The van der Waals surface area contributed by atoms with Gasteiger partial charge in [0.1, 0.15) is 17.5 Å². The fourth-order valence-corrected chi connectivity index (χ4v) is 4.57. The van der Waals surface area contributed by atoms with Gasteiger partial charge in [-0.15, -0.1) is 0 Å². The molecule has 2 atom stereocenters. The number of benzene rings is 2. The van der Waals surface area contributed by atoms with Gasteiger partial charge in [-0.25, -0.2) is 4.99 Å². The van der Waals surface area contributed by atoms with Crippen LogP contribution in [0, 0.1) is 5.92 Å². The predicted molar refractivity (Wildman–Crippen MR) is 133 cm³/mol. The Morgan fingerprint density at radius 1 is 1.05 bits per heavy atom. The number of nitrogens with one attached hydrogen (secondary N) is 1. The van der Waals surface area contributed by atoms with E-state index in [1.807, 2.05) is 9.80 Å². The zero-order chi connectivity index (χ0) is 27.4. The minimum atomic E-state index is -4.42. The third-order valence-corrected chi connectivity index (χ3v) is 6.51. The van der Waals surface area contributed by atoms with Crippen LogP contribution in [0.4, 0.5) is 18.9 Å². The molecular formula is C26H29F3N4O5. The van der Waals surface area contributed by atoms with E-state index < -0.39 is 35.6 Å². The number of esters is 1. The van der Waals surface area contributed by atoms with Crippen molar-refractivity contribution in [1.82, 2.24) is 10.2 Å². The first-order valence-electron chi connectivity index (χ1n) is 12.1. The number of piperazine rings is 1. The lowest BCUT2D eigenvalue weighted by molar-refractivity contribution is -0.153. The molecule has 1 amide bonds. The Hall–Kier alpha value is -3.96. The first-order chi connectivity index (χ1) is 18.2. The number of carbonyl (C=O) groups is 2. The van der Waals surface area contributed by atoms with E-state index in [4.69, 9.17) is 19.2 Å². The van der Waals surface area contributed by atoms with E-state index >= 15 is 0 Å². The molecule has 2 aromatic carbocycles. The number of amides is 1. The van der Waals surface area contributed by atoms with Crippen LogP contribution in [0.1, 0.15) is 24.1 Å². The minimum Gasteiger partial charge on any atom is -0.497 e. The molecule has 0 bridgehead atoms. The van der Waals surface area contributed by atoms with E-state index in [-0.39, 0.29) is 12.6 Å². The first-order valence-corrected chi connectivity index (χ1v) is 12.1. The van der Waals surface area contributed by atoms with E-state index in [0.29, 0.717) is 48.9 Å². The Morgan fingerprint density at radius 3 is 2.39 bits per heavy atom. The number of nitrogens with zero attached hydrogens (tertiary/aromatic N) is 3. The summed E-state index contributed by atoms with van der Waals surface area (Å²) in [5.74, 6) is -1.28. The summed E-state index contributed by atoms with van der Waals surface area (Å²) in [6, 6.07) is 9.31. The van der Waals surface area contributed by atoms with Crippen LogP contribution in [0.5, 0.6) is 11.5 Å². The predicted octanol–water partition coefficient (Wildman–Crippen LogP) is 3.25. The second-order valence-corrected chi connectivity index (χ2v) is 8.75. The Labute approximate surface area is 218 Å². The highest BCUT2D eigenvalue weighted by atomic mass is 19.4. The monoisotopic (exact) mass is 534 g/mol. The molecular weight excluding hydrogens is 505 g/mol. The van der Waals surface area contributed by atoms with Crippen LogP contribution in [0.15, 0.2) is 47.5 Å². The van der Waals surface area contributed by atoms with Gasteiger partial charge in [-0.3, -0.25) is 14.9 Å². The molecule has 9 nitrogen and oxygen atoms in total. The number of methoxy groups -OCH3 is 2. The van der Waals surface area contributed by atoms with Gasteiger partial charge >= 0.3 is 12.1 Å². The van der Waals surface area contributed by atoms with Crippen LogP contribution in [0.3, 0.4) is 0 Å². The van der Waals surface area contributed by atoms with Crippen LogP contribution in [0.25, 0.3) is 0 Å².